The summed E-state index contributed by atoms with van der Waals surface area (Å²) in [6.45, 7) is 0. The average Bonchev–Trinajstić information content (AvgIpc) is 2.36. The van der Waals surface area contributed by atoms with Crippen LogP contribution in [0.3, 0.4) is 0 Å². The SMILES string of the molecule is N#Cc1ccc(CSc2nc(N)cc(=O)[nH]2)c(F)c1. The number of aromatic nitrogens is 2. The first-order chi connectivity index (χ1) is 9.08. The number of hydrogen-bond acceptors (Lipinski definition) is 5. The Bertz CT molecular complexity index is 708. The van der Waals surface area contributed by atoms with Gasteiger partial charge in [0.15, 0.2) is 5.16 Å². The molecule has 0 amide bonds. The standard InChI is InChI=1S/C12H9FN4OS/c13-9-3-7(5-14)1-2-8(9)6-19-12-16-10(15)4-11(18)17-12/h1-4H,6H2,(H3,15,16,17,18). The van der Waals surface area contributed by atoms with Crippen molar-refractivity contribution in [3.8, 4) is 6.07 Å². The van der Waals surface area contributed by atoms with Crippen LogP contribution in [0.2, 0.25) is 0 Å². The number of H-pyrrole nitrogens is 1. The van der Waals surface area contributed by atoms with Crippen LogP contribution in [0.5, 0.6) is 0 Å². The largest absolute Gasteiger partial charge is 0.383 e. The molecule has 19 heavy (non-hydrogen) atoms. The van der Waals surface area contributed by atoms with Crippen LogP contribution in [0.25, 0.3) is 0 Å². The predicted octanol–water partition coefficient (Wildman–Crippen LogP) is 1.66. The van der Waals surface area contributed by atoms with Crippen molar-refractivity contribution in [2.45, 2.75) is 10.9 Å². The second-order valence-corrected chi connectivity index (χ2v) is 4.65. The number of hydrogen-bond donors (Lipinski definition) is 2. The van der Waals surface area contributed by atoms with Crippen LogP contribution in [-0.4, -0.2) is 9.97 Å². The molecule has 0 bridgehead atoms. The zero-order valence-corrected chi connectivity index (χ0v) is 10.5. The quantitative estimate of drug-likeness (QED) is 0.656. The van der Waals surface area contributed by atoms with Crippen LogP contribution in [0.4, 0.5) is 10.2 Å². The van der Waals surface area contributed by atoms with Crippen molar-refractivity contribution in [1.29, 1.82) is 5.26 Å². The van der Waals surface area contributed by atoms with Crippen molar-refractivity contribution >= 4 is 17.6 Å². The summed E-state index contributed by atoms with van der Waals surface area (Å²) < 4.78 is 13.6. The van der Waals surface area contributed by atoms with Gasteiger partial charge in [-0.25, -0.2) is 9.37 Å². The lowest BCUT2D eigenvalue weighted by molar-refractivity contribution is 0.617. The van der Waals surface area contributed by atoms with E-state index in [9.17, 15) is 9.18 Å². The van der Waals surface area contributed by atoms with Crippen LogP contribution < -0.4 is 11.3 Å². The average molecular weight is 276 g/mol. The fraction of sp³-hybridized carbons (Fsp3) is 0.0833. The van der Waals surface area contributed by atoms with E-state index in [1.165, 1.54) is 24.3 Å². The van der Waals surface area contributed by atoms with Gasteiger partial charge in [0.1, 0.15) is 11.6 Å². The minimum atomic E-state index is -0.460. The molecule has 0 saturated carbocycles. The van der Waals surface area contributed by atoms with E-state index in [1.807, 2.05) is 6.07 Å². The van der Waals surface area contributed by atoms with Gasteiger partial charge in [0.2, 0.25) is 0 Å². The molecule has 0 aliphatic rings. The third-order valence-corrected chi connectivity index (χ3v) is 3.21. The molecule has 1 heterocycles. The van der Waals surface area contributed by atoms with Crippen LogP contribution in [0.15, 0.2) is 34.2 Å². The molecule has 0 fully saturated rings. The topological polar surface area (TPSA) is 95.6 Å². The highest BCUT2D eigenvalue weighted by Crippen LogP contribution is 2.21. The number of halogens is 1. The van der Waals surface area contributed by atoms with Gasteiger partial charge in [-0.05, 0) is 17.7 Å². The second-order valence-electron chi connectivity index (χ2n) is 3.68. The summed E-state index contributed by atoms with van der Waals surface area (Å²) in [7, 11) is 0. The van der Waals surface area contributed by atoms with E-state index in [0.717, 1.165) is 11.8 Å². The number of nitrogens with one attached hydrogen (secondary N) is 1. The molecule has 96 valence electrons. The number of aromatic amines is 1. The molecule has 1 aromatic carbocycles. The first-order valence-corrected chi connectivity index (χ1v) is 6.25. The monoisotopic (exact) mass is 276 g/mol. The van der Waals surface area contributed by atoms with Crippen LogP contribution in [-0.2, 0) is 5.75 Å². The van der Waals surface area contributed by atoms with Gasteiger partial charge < -0.3 is 10.7 Å². The van der Waals surface area contributed by atoms with Gasteiger partial charge in [0.25, 0.3) is 5.56 Å². The maximum Gasteiger partial charge on any atom is 0.253 e. The van der Waals surface area contributed by atoms with Gasteiger partial charge in [-0.2, -0.15) is 5.26 Å². The minimum Gasteiger partial charge on any atom is -0.383 e. The molecular weight excluding hydrogens is 267 g/mol. The summed E-state index contributed by atoms with van der Waals surface area (Å²) in [5.74, 6) is -0.0615. The molecule has 3 N–H and O–H groups in total. The van der Waals surface area contributed by atoms with Gasteiger partial charge in [-0.15, -0.1) is 0 Å². The molecule has 0 radical (unpaired) electrons. The van der Waals surface area contributed by atoms with Crippen molar-refractivity contribution in [3.05, 3.63) is 51.6 Å². The molecule has 0 atom stereocenters. The molecule has 7 heteroatoms. The molecular formula is C12H9FN4OS. The molecule has 0 aliphatic carbocycles. The number of nitrogens with zero attached hydrogens (tertiary/aromatic N) is 2. The van der Waals surface area contributed by atoms with Crippen molar-refractivity contribution < 1.29 is 4.39 Å². The molecule has 0 spiro atoms. The van der Waals surface area contributed by atoms with E-state index in [2.05, 4.69) is 9.97 Å². The fourth-order valence-electron chi connectivity index (χ4n) is 1.40. The Morgan fingerprint density at radius 1 is 1.47 bits per heavy atom. The summed E-state index contributed by atoms with van der Waals surface area (Å²) in [5, 5.41) is 8.96. The number of nitrogen functional groups attached to an aromatic ring is 1. The van der Waals surface area contributed by atoms with Crippen molar-refractivity contribution in [2.24, 2.45) is 0 Å². The van der Waals surface area contributed by atoms with Gasteiger partial charge in [-0.3, -0.25) is 4.79 Å². The number of thioether (sulfide) groups is 1. The summed E-state index contributed by atoms with van der Waals surface area (Å²) >= 11 is 1.16. The van der Waals surface area contributed by atoms with E-state index in [1.54, 1.807) is 0 Å². The lowest BCUT2D eigenvalue weighted by atomic mass is 10.1. The predicted molar refractivity (Wildman–Crippen MR) is 69.9 cm³/mol. The molecule has 0 unspecified atom stereocenters. The van der Waals surface area contributed by atoms with Crippen LogP contribution in [0.1, 0.15) is 11.1 Å². The van der Waals surface area contributed by atoms with Crippen LogP contribution >= 0.6 is 11.8 Å². The molecule has 5 nitrogen and oxygen atoms in total. The van der Waals surface area contributed by atoms with E-state index in [4.69, 9.17) is 11.0 Å². The number of rotatable bonds is 3. The number of nitriles is 1. The normalized spacial score (nSPS) is 10.1. The molecule has 2 aromatic rings. The third-order valence-electron chi connectivity index (χ3n) is 2.29. The van der Waals surface area contributed by atoms with Gasteiger partial charge in [0.05, 0.1) is 11.6 Å². The lowest BCUT2D eigenvalue weighted by Crippen LogP contribution is -2.09. The minimum absolute atomic E-state index is 0.117. The lowest BCUT2D eigenvalue weighted by Gasteiger charge is -2.03. The zero-order valence-electron chi connectivity index (χ0n) is 9.68. The fourth-order valence-corrected chi connectivity index (χ4v) is 2.27. The van der Waals surface area contributed by atoms with Crippen molar-refractivity contribution in [1.82, 2.24) is 9.97 Å². The first-order valence-electron chi connectivity index (χ1n) is 5.26. The van der Waals surface area contributed by atoms with Crippen LogP contribution in [0, 0.1) is 17.1 Å². The van der Waals surface area contributed by atoms with Gasteiger partial charge in [-0.1, -0.05) is 17.8 Å². The summed E-state index contributed by atoms with van der Waals surface area (Å²) in [6, 6.07) is 7.27. The number of nitrogens with two attached hydrogens (primary N) is 1. The van der Waals surface area contributed by atoms with Gasteiger partial charge >= 0.3 is 0 Å². The Morgan fingerprint density at radius 2 is 2.26 bits per heavy atom. The molecule has 0 saturated heterocycles. The molecule has 2 rings (SSSR count). The van der Waals surface area contributed by atoms with E-state index in [-0.39, 0.29) is 22.7 Å². The van der Waals surface area contributed by atoms with Gasteiger partial charge in [0, 0.05) is 11.8 Å². The summed E-state index contributed by atoms with van der Waals surface area (Å²) in [4.78, 5) is 17.6. The van der Waals surface area contributed by atoms with E-state index >= 15 is 0 Å². The Kier molecular flexibility index (Phi) is 3.82. The highest BCUT2D eigenvalue weighted by molar-refractivity contribution is 7.98. The van der Waals surface area contributed by atoms with Crippen molar-refractivity contribution in [3.63, 3.8) is 0 Å². The van der Waals surface area contributed by atoms with E-state index < -0.39 is 5.82 Å². The second kappa shape index (κ2) is 5.54. The summed E-state index contributed by atoms with van der Waals surface area (Å²) in [6.07, 6.45) is 0. The highest BCUT2D eigenvalue weighted by Gasteiger charge is 2.06. The number of anilines is 1. The number of benzene rings is 1. The van der Waals surface area contributed by atoms with E-state index in [0.29, 0.717) is 10.7 Å². The Hall–Kier alpha value is -2.33. The third kappa shape index (κ3) is 3.33. The Balaban J connectivity index is 2.15. The first kappa shape index (κ1) is 13.1. The molecule has 1 aromatic heterocycles. The maximum atomic E-state index is 13.6. The highest BCUT2D eigenvalue weighted by atomic mass is 32.2. The smallest absolute Gasteiger partial charge is 0.253 e. The molecule has 0 aliphatic heterocycles. The zero-order chi connectivity index (χ0) is 13.8. The maximum absolute atomic E-state index is 13.6. The summed E-state index contributed by atoms with van der Waals surface area (Å²) in [5.41, 5.74) is 5.78. The Morgan fingerprint density at radius 3 is 2.89 bits per heavy atom. The van der Waals surface area contributed by atoms with Crippen molar-refractivity contribution in [2.75, 3.05) is 5.73 Å². The Labute approximate surface area is 112 Å².